The molecule has 1 atom stereocenters. The first-order valence-electron chi connectivity index (χ1n) is 6.23. The third kappa shape index (κ3) is 1.52. The van der Waals surface area contributed by atoms with Gasteiger partial charge in [-0.3, -0.25) is 0 Å². The summed E-state index contributed by atoms with van der Waals surface area (Å²) in [5.74, 6) is 1.88. The Balaban J connectivity index is 1.91. The van der Waals surface area contributed by atoms with Crippen LogP contribution in [0.1, 0.15) is 24.6 Å². The highest BCUT2D eigenvalue weighted by molar-refractivity contribution is 5.29. The number of aromatic nitrogens is 2. The summed E-state index contributed by atoms with van der Waals surface area (Å²) >= 11 is 0. The smallest absolute Gasteiger partial charge is 0.203 e. The summed E-state index contributed by atoms with van der Waals surface area (Å²) < 4.78 is 2.35. The van der Waals surface area contributed by atoms with Crippen LogP contribution in [-0.4, -0.2) is 41.1 Å². The minimum atomic E-state index is 0.631. The van der Waals surface area contributed by atoms with E-state index in [9.17, 15) is 0 Å². The summed E-state index contributed by atoms with van der Waals surface area (Å²) in [6.45, 7) is 5.86. The molecule has 0 radical (unpaired) electrons. The van der Waals surface area contributed by atoms with E-state index in [-0.39, 0.29) is 0 Å². The predicted octanol–water partition coefficient (Wildman–Crippen LogP) is 1.50. The normalized spacial score (nSPS) is 33.0. The Bertz CT molecular complexity index is 376. The number of rotatable bonds is 2. The Morgan fingerprint density at radius 1 is 1.38 bits per heavy atom. The summed E-state index contributed by atoms with van der Waals surface area (Å²) in [5.41, 5.74) is 1.11. The van der Waals surface area contributed by atoms with Gasteiger partial charge in [-0.2, -0.15) is 0 Å². The van der Waals surface area contributed by atoms with E-state index in [2.05, 4.69) is 32.9 Å². The number of piperidine rings is 3. The van der Waals surface area contributed by atoms with E-state index in [0.717, 1.165) is 17.6 Å². The second kappa shape index (κ2) is 3.77. The van der Waals surface area contributed by atoms with Gasteiger partial charge in [-0.05, 0) is 38.8 Å². The van der Waals surface area contributed by atoms with E-state index in [0.29, 0.717) is 6.04 Å². The summed E-state index contributed by atoms with van der Waals surface area (Å²) in [7, 11) is 1.96. The molecule has 16 heavy (non-hydrogen) atoms. The fourth-order valence-electron chi connectivity index (χ4n) is 3.20. The van der Waals surface area contributed by atoms with E-state index in [1.807, 2.05) is 7.05 Å². The van der Waals surface area contributed by atoms with E-state index >= 15 is 0 Å². The Kier molecular flexibility index (Phi) is 2.39. The number of hydrogen-bond donors (Lipinski definition) is 1. The number of nitrogens with zero attached hydrogens (tertiary/aromatic N) is 3. The maximum absolute atomic E-state index is 4.52. The number of anilines is 1. The second-order valence-electron chi connectivity index (χ2n) is 5.07. The first-order valence-corrected chi connectivity index (χ1v) is 6.23. The molecule has 0 aromatic carbocycles. The van der Waals surface area contributed by atoms with E-state index in [4.69, 9.17) is 0 Å². The van der Waals surface area contributed by atoms with E-state index < -0.39 is 0 Å². The molecule has 3 fully saturated rings. The molecule has 2 bridgehead atoms. The summed E-state index contributed by atoms with van der Waals surface area (Å²) in [6.07, 6.45) is 4.90. The Hall–Kier alpha value is -1.03. The van der Waals surface area contributed by atoms with Crippen LogP contribution < -0.4 is 5.32 Å². The lowest BCUT2D eigenvalue weighted by molar-refractivity contribution is 0.0579. The predicted molar refractivity (Wildman–Crippen MR) is 64.7 cm³/mol. The zero-order valence-corrected chi connectivity index (χ0v) is 10.1. The number of aryl methyl sites for hydroxylation is 1. The van der Waals surface area contributed by atoms with Crippen LogP contribution in [0.25, 0.3) is 0 Å². The van der Waals surface area contributed by atoms with Crippen molar-refractivity contribution in [2.45, 2.75) is 25.8 Å². The standard InChI is InChI=1S/C12H20N4/c1-9-7-16(12(13-2)14-9)11-8-15-5-3-10(11)4-6-15/h7,10-11H,3-6,8H2,1-2H3,(H,13,14). The topological polar surface area (TPSA) is 33.1 Å². The van der Waals surface area contributed by atoms with Crippen molar-refractivity contribution in [3.8, 4) is 0 Å². The Morgan fingerprint density at radius 3 is 2.69 bits per heavy atom. The molecule has 4 nitrogen and oxygen atoms in total. The zero-order valence-electron chi connectivity index (χ0n) is 10.1. The van der Waals surface area contributed by atoms with Gasteiger partial charge in [0.05, 0.1) is 11.7 Å². The molecule has 1 aromatic rings. The van der Waals surface area contributed by atoms with Gasteiger partial charge < -0.3 is 14.8 Å². The maximum Gasteiger partial charge on any atom is 0.203 e. The zero-order chi connectivity index (χ0) is 11.1. The summed E-state index contributed by atoms with van der Waals surface area (Å²) in [6, 6.07) is 0.631. The van der Waals surface area contributed by atoms with Crippen molar-refractivity contribution in [2.75, 3.05) is 32.0 Å². The van der Waals surface area contributed by atoms with Crippen molar-refractivity contribution in [1.82, 2.24) is 14.5 Å². The molecule has 0 aliphatic carbocycles. The van der Waals surface area contributed by atoms with Crippen LogP contribution in [0, 0.1) is 12.8 Å². The highest BCUT2D eigenvalue weighted by atomic mass is 15.3. The maximum atomic E-state index is 4.52. The quantitative estimate of drug-likeness (QED) is 0.820. The molecule has 3 aliphatic heterocycles. The highest BCUT2D eigenvalue weighted by Crippen LogP contribution is 2.37. The fourth-order valence-corrected chi connectivity index (χ4v) is 3.20. The van der Waals surface area contributed by atoms with E-state index in [1.54, 1.807) is 0 Å². The molecule has 4 heterocycles. The Morgan fingerprint density at radius 2 is 2.12 bits per heavy atom. The van der Waals surface area contributed by atoms with Crippen LogP contribution in [0.5, 0.6) is 0 Å². The number of fused-ring (bicyclic) bond motifs is 3. The van der Waals surface area contributed by atoms with Gasteiger partial charge in [0.2, 0.25) is 5.95 Å². The molecule has 88 valence electrons. The largest absolute Gasteiger partial charge is 0.359 e. The van der Waals surface area contributed by atoms with Gasteiger partial charge in [-0.1, -0.05) is 0 Å². The molecular formula is C12H20N4. The van der Waals surface area contributed by atoms with Crippen molar-refractivity contribution in [3.05, 3.63) is 11.9 Å². The number of nitrogens with one attached hydrogen (secondary N) is 1. The van der Waals surface area contributed by atoms with Gasteiger partial charge >= 0.3 is 0 Å². The van der Waals surface area contributed by atoms with Crippen molar-refractivity contribution < 1.29 is 0 Å². The third-order valence-corrected chi connectivity index (χ3v) is 4.06. The number of imidazole rings is 1. The van der Waals surface area contributed by atoms with Gasteiger partial charge in [0.1, 0.15) is 0 Å². The molecule has 1 aromatic heterocycles. The molecule has 3 aliphatic rings. The molecule has 1 N–H and O–H groups in total. The molecule has 0 amide bonds. The SMILES string of the molecule is CNc1nc(C)cn1C1CN2CCC1CC2. The van der Waals surface area contributed by atoms with Gasteiger partial charge in [-0.25, -0.2) is 4.98 Å². The summed E-state index contributed by atoms with van der Waals surface area (Å²) in [4.78, 5) is 7.10. The number of hydrogen-bond acceptors (Lipinski definition) is 3. The molecule has 4 heteroatoms. The molecule has 4 rings (SSSR count). The fraction of sp³-hybridized carbons (Fsp3) is 0.750. The lowest BCUT2D eigenvalue weighted by atomic mass is 9.84. The third-order valence-electron chi connectivity index (χ3n) is 4.06. The van der Waals surface area contributed by atoms with Crippen LogP contribution in [0.3, 0.4) is 0 Å². The van der Waals surface area contributed by atoms with Crippen molar-refractivity contribution >= 4 is 5.95 Å². The molecular weight excluding hydrogens is 200 g/mol. The van der Waals surface area contributed by atoms with Crippen LogP contribution in [0.2, 0.25) is 0 Å². The molecule has 0 spiro atoms. The molecule has 0 saturated carbocycles. The second-order valence-corrected chi connectivity index (χ2v) is 5.07. The first kappa shape index (κ1) is 10.1. The van der Waals surface area contributed by atoms with Crippen LogP contribution in [-0.2, 0) is 0 Å². The van der Waals surface area contributed by atoms with E-state index in [1.165, 1.54) is 32.5 Å². The van der Waals surface area contributed by atoms with Crippen molar-refractivity contribution in [3.63, 3.8) is 0 Å². The van der Waals surface area contributed by atoms with Gasteiger partial charge in [0, 0.05) is 19.8 Å². The summed E-state index contributed by atoms with van der Waals surface area (Å²) in [5, 5.41) is 3.21. The Labute approximate surface area is 96.7 Å². The van der Waals surface area contributed by atoms with Crippen LogP contribution >= 0.6 is 0 Å². The molecule has 1 unspecified atom stereocenters. The minimum absolute atomic E-state index is 0.631. The lowest BCUT2D eigenvalue weighted by Crippen LogP contribution is -2.48. The van der Waals surface area contributed by atoms with Crippen molar-refractivity contribution in [1.29, 1.82) is 0 Å². The van der Waals surface area contributed by atoms with Crippen LogP contribution in [0.15, 0.2) is 6.20 Å². The average Bonchev–Trinajstić information content (AvgIpc) is 2.72. The van der Waals surface area contributed by atoms with Gasteiger partial charge in [0.25, 0.3) is 0 Å². The lowest BCUT2D eigenvalue weighted by Gasteiger charge is -2.45. The van der Waals surface area contributed by atoms with Gasteiger partial charge in [0.15, 0.2) is 0 Å². The highest BCUT2D eigenvalue weighted by Gasteiger charge is 2.35. The van der Waals surface area contributed by atoms with Gasteiger partial charge in [-0.15, -0.1) is 0 Å². The monoisotopic (exact) mass is 220 g/mol. The first-order chi connectivity index (χ1) is 7.78. The molecule has 3 saturated heterocycles. The minimum Gasteiger partial charge on any atom is -0.359 e. The average molecular weight is 220 g/mol. The van der Waals surface area contributed by atoms with Crippen molar-refractivity contribution in [2.24, 2.45) is 5.92 Å². The van der Waals surface area contributed by atoms with Crippen LogP contribution in [0.4, 0.5) is 5.95 Å².